The molecular formula is C21H14N2O7. The predicted molar refractivity (Wildman–Crippen MR) is 104 cm³/mol. The zero-order valence-electron chi connectivity index (χ0n) is 15.6. The summed E-state index contributed by atoms with van der Waals surface area (Å²) < 4.78 is 5.83. The molecular weight excluding hydrogens is 392 g/mol. The van der Waals surface area contributed by atoms with Gasteiger partial charge < -0.3 is 24.6 Å². The number of aliphatic hydroxyl groups is 3. The van der Waals surface area contributed by atoms with Crippen molar-refractivity contribution < 1.29 is 24.9 Å². The Kier molecular flexibility index (Phi) is 2.92. The monoisotopic (exact) mass is 406 g/mol. The van der Waals surface area contributed by atoms with Gasteiger partial charge in [-0.2, -0.15) is 0 Å². The summed E-state index contributed by atoms with van der Waals surface area (Å²) in [6.45, 7) is 1.52. The molecule has 2 bridgehead atoms. The largest absolute Gasteiger partial charge is 0.401 e. The van der Waals surface area contributed by atoms with Crippen LogP contribution in [-0.2, 0) is 27.7 Å². The molecule has 0 amide bonds. The number of carbonyl (C=O) groups excluding carboxylic acids is 1. The topological polar surface area (TPSA) is 139 Å². The Labute approximate surface area is 166 Å². The molecule has 5 heterocycles. The maximum atomic E-state index is 13.7. The number of carbonyl (C=O) groups is 1. The first-order chi connectivity index (χ1) is 14.2. The highest BCUT2D eigenvalue weighted by atomic mass is 16.8. The number of hydrogen-bond donors (Lipinski definition) is 3. The quantitative estimate of drug-likeness (QED) is 0.263. The molecule has 150 valence electrons. The highest BCUT2D eigenvalue weighted by molar-refractivity contribution is 6.09. The van der Waals surface area contributed by atoms with Gasteiger partial charge in [0.05, 0.1) is 28.5 Å². The summed E-state index contributed by atoms with van der Waals surface area (Å²) in [5.41, 5.74) is -3.35. The lowest BCUT2D eigenvalue weighted by atomic mass is 9.82. The van der Waals surface area contributed by atoms with E-state index in [9.17, 15) is 29.7 Å². The average molecular weight is 406 g/mol. The molecule has 3 N–H and O–H groups in total. The van der Waals surface area contributed by atoms with Crippen molar-refractivity contribution in [1.29, 1.82) is 0 Å². The van der Waals surface area contributed by atoms with Crippen LogP contribution in [0.25, 0.3) is 32.7 Å². The maximum absolute atomic E-state index is 13.7. The van der Waals surface area contributed by atoms with E-state index in [4.69, 9.17) is 0 Å². The van der Waals surface area contributed by atoms with Gasteiger partial charge in [-0.3, -0.25) is 9.59 Å². The van der Waals surface area contributed by atoms with Crippen molar-refractivity contribution in [2.45, 2.75) is 31.5 Å². The fraction of sp³-hybridized carbons (Fsp3) is 0.238. The third-order valence-electron chi connectivity index (χ3n) is 6.24. The van der Waals surface area contributed by atoms with Crippen molar-refractivity contribution in [1.82, 2.24) is 9.55 Å². The molecule has 2 aliphatic heterocycles. The summed E-state index contributed by atoms with van der Waals surface area (Å²) in [5.74, 6) is -4.63. The number of benzene rings is 1. The molecule has 0 radical (unpaired) electrons. The van der Waals surface area contributed by atoms with Gasteiger partial charge in [0.2, 0.25) is 0 Å². The number of hydrogen-bond acceptors (Lipinski definition) is 8. The summed E-state index contributed by atoms with van der Waals surface area (Å²) in [6.07, 6.45) is -0.250. The average Bonchev–Trinajstić information content (AvgIpc) is 3.02. The highest BCUT2D eigenvalue weighted by Crippen LogP contribution is 2.44. The van der Waals surface area contributed by atoms with Crippen LogP contribution < -0.4 is 11.0 Å². The SMILES string of the molecule is CC[C@@]1(O)C(=O)OC(O)(O)c2c1c1c(=O)c3cccc4cc5c(nc43)c1n(c2=O)C5. The third kappa shape index (κ3) is 1.75. The number of fused-ring (bicyclic) bond motifs is 2. The van der Waals surface area contributed by atoms with Gasteiger partial charge in [0.1, 0.15) is 5.56 Å². The van der Waals surface area contributed by atoms with Crippen molar-refractivity contribution in [2.75, 3.05) is 0 Å². The fourth-order valence-electron chi connectivity index (χ4n) is 4.80. The molecule has 30 heavy (non-hydrogen) atoms. The van der Waals surface area contributed by atoms with Gasteiger partial charge in [0, 0.05) is 21.9 Å². The number of aromatic nitrogens is 2. The number of rotatable bonds is 1. The van der Waals surface area contributed by atoms with Gasteiger partial charge in [-0.25, -0.2) is 9.78 Å². The van der Waals surface area contributed by atoms with Crippen molar-refractivity contribution >= 4 is 38.7 Å². The number of esters is 1. The minimum absolute atomic E-state index is 0.0544. The van der Waals surface area contributed by atoms with E-state index in [1.807, 2.05) is 6.07 Å². The van der Waals surface area contributed by atoms with Crippen molar-refractivity contribution in [2.24, 2.45) is 0 Å². The Hall–Kier alpha value is -3.40. The minimum Gasteiger partial charge on any atom is -0.401 e. The van der Waals surface area contributed by atoms with Crippen molar-refractivity contribution in [3.05, 3.63) is 61.5 Å². The summed E-state index contributed by atoms with van der Waals surface area (Å²) in [4.78, 5) is 44.2. The Morgan fingerprint density at radius 1 is 1.13 bits per heavy atom. The molecule has 0 saturated carbocycles. The smallest absolute Gasteiger partial charge is 0.359 e. The first-order valence-electron chi connectivity index (χ1n) is 9.39. The predicted octanol–water partition coefficient (Wildman–Crippen LogP) is 0.112. The van der Waals surface area contributed by atoms with Gasteiger partial charge in [0.25, 0.3) is 5.56 Å². The molecule has 4 aromatic rings. The highest BCUT2D eigenvalue weighted by Gasteiger charge is 2.56. The van der Waals surface area contributed by atoms with Crippen molar-refractivity contribution in [3.63, 3.8) is 0 Å². The van der Waals surface area contributed by atoms with E-state index in [2.05, 4.69) is 9.72 Å². The number of para-hydroxylation sites is 1. The molecule has 0 fully saturated rings. The van der Waals surface area contributed by atoms with Crippen LogP contribution in [0.3, 0.4) is 0 Å². The molecule has 9 heteroatoms. The molecule has 0 spiro atoms. The van der Waals surface area contributed by atoms with E-state index in [0.29, 0.717) is 16.6 Å². The summed E-state index contributed by atoms with van der Waals surface area (Å²) in [6, 6.07) is 6.89. The Morgan fingerprint density at radius 2 is 1.90 bits per heavy atom. The van der Waals surface area contributed by atoms with Crippen LogP contribution >= 0.6 is 0 Å². The molecule has 1 atom stereocenters. The zero-order valence-corrected chi connectivity index (χ0v) is 15.6. The van der Waals surface area contributed by atoms with E-state index < -0.39 is 39.7 Å². The summed E-state index contributed by atoms with van der Waals surface area (Å²) >= 11 is 0. The second kappa shape index (κ2) is 5.01. The number of nitrogens with zero attached hydrogens (tertiary/aromatic N) is 2. The second-order valence-corrected chi connectivity index (χ2v) is 7.78. The van der Waals surface area contributed by atoms with Crippen LogP contribution in [0.4, 0.5) is 0 Å². The first kappa shape index (κ1) is 17.5. The van der Waals surface area contributed by atoms with Gasteiger partial charge >= 0.3 is 11.9 Å². The maximum Gasteiger partial charge on any atom is 0.359 e. The molecule has 0 unspecified atom stereocenters. The van der Waals surface area contributed by atoms with Gasteiger partial charge in [-0.05, 0) is 18.6 Å². The van der Waals surface area contributed by atoms with Crippen molar-refractivity contribution in [3.8, 4) is 0 Å². The third-order valence-corrected chi connectivity index (χ3v) is 6.24. The minimum atomic E-state index is -3.28. The Balaban J connectivity index is 2.04. The van der Waals surface area contributed by atoms with Gasteiger partial charge in [-0.15, -0.1) is 0 Å². The van der Waals surface area contributed by atoms with Crippen LogP contribution in [-0.4, -0.2) is 30.8 Å². The molecule has 1 aromatic carbocycles. The standard InChI is InChI=1S/C21H14N2O7/c1-2-20(27)12-11-16-15-9(6-8-4-3-5-10(17(11)24)14(8)22-15)7-23(16)18(25)13(12)21(28,29)30-19(20)26/h3-6,27-29H,2,7H2,1H3/t20-/m0/s1. The van der Waals surface area contributed by atoms with Crippen LogP contribution in [0.2, 0.25) is 0 Å². The molecule has 0 aliphatic carbocycles. The van der Waals surface area contributed by atoms with Gasteiger partial charge in [0.15, 0.2) is 11.0 Å². The zero-order chi connectivity index (χ0) is 21.2. The normalized spacial score (nSPS) is 21.7. The van der Waals surface area contributed by atoms with Crippen LogP contribution in [0.15, 0.2) is 33.9 Å². The summed E-state index contributed by atoms with van der Waals surface area (Å²) in [7, 11) is 0. The van der Waals surface area contributed by atoms with E-state index in [0.717, 1.165) is 5.39 Å². The van der Waals surface area contributed by atoms with E-state index in [-0.39, 0.29) is 29.3 Å². The lowest BCUT2D eigenvalue weighted by molar-refractivity contribution is -0.345. The van der Waals surface area contributed by atoms with E-state index >= 15 is 0 Å². The number of ether oxygens (including phenoxy) is 1. The van der Waals surface area contributed by atoms with Crippen LogP contribution in [0.1, 0.15) is 30.0 Å². The Morgan fingerprint density at radius 3 is 2.63 bits per heavy atom. The molecule has 3 aromatic heterocycles. The van der Waals surface area contributed by atoms with Crippen LogP contribution in [0.5, 0.6) is 0 Å². The second-order valence-electron chi connectivity index (χ2n) is 7.78. The van der Waals surface area contributed by atoms with E-state index in [1.54, 1.807) is 18.2 Å². The molecule has 0 saturated heterocycles. The number of cyclic esters (lactones) is 1. The van der Waals surface area contributed by atoms with E-state index in [1.165, 1.54) is 11.5 Å². The molecule has 6 rings (SSSR count). The lowest BCUT2D eigenvalue weighted by Gasteiger charge is -2.37. The van der Waals surface area contributed by atoms with Crippen LogP contribution in [0, 0.1) is 0 Å². The molecule has 2 aliphatic rings. The first-order valence-corrected chi connectivity index (χ1v) is 9.39. The Bertz CT molecular complexity index is 1590. The fourth-order valence-corrected chi connectivity index (χ4v) is 4.80. The molecule has 9 nitrogen and oxygen atoms in total. The number of pyridine rings is 2. The summed E-state index contributed by atoms with van der Waals surface area (Å²) in [5, 5.41) is 32.8. The van der Waals surface area contributed by atoms with Gasteiger partial charge in [-0.1, -0.05) is 19.1 Å². The lowest BCUT2D eigenvalue weighted by Crippen LogP contribution is -2.53.